The van der Waals surface area contributed by atoms with Gasteiger partial charge in [-0.25, -0.2) is 14.6 Å². The molecule has 0 spiro atoms. The van der Waals surface area contributed by atoms with Crippen LogP contribution in [0.3, 0.4) is 0 Å². The molecule has 3 N–H and O–H groups in total. The summed E-state index contributed by atoms with van der Waals surface area (Å²) in [6, 6.07) is 21.8. The molecule has 6 atom stereocenters. The van der Waals surface area contributed by atoms with Gasteiger partial charge in [0.25, 0.3) is 5.91 Å². The fraction of sp³-hybridized carbons (Fsp3) is 0.400. The lowest BCUT2D eigenvalue weighted by molar-refractivity contribution is -0.135. The third kappa shape index (κ3) is 8.40. The van der Waals surface area contributed by atoms with Crippen molar-refractivity contribution >= 4 is 46.2 Å². The molecule has 1 unspecified atom stereocenters. The van der Waals surface area contributed by atoms with Gasteiger partial charge in [0, 0.05) is 43.8 Å². The van der Waals surface area contributed by atoms with Gasteiger partial charge in [0.15, 0.2) is 0 Å². The van der Waals surface area contributed by atoms with Gasteiger partial charge in [-0.1, -0.05) is 69.3 Å². The van der Waals surface area contributed by atoms with Crippen molar-refractivity contribution in [2.75, 3.05) is 41.0 Å². The quantitative estimate of drug-likeness (QED) is 0.120. The Kier molecular flexibility index (Phi) is 12.1. The van der Waals surface area contributed by atoms with Crippen LogP contribution in [0.1, 0.15) is 68.2 Å². The van der Waals surface area contributed by atoms with Gasteiger partial charge in [0.05, 0.1) is 50.5 Å². The summed E-state index contributed by atoms with van der Waals surface area (Å²) in [5.41, 5.74) is 8.51. The van der Waals surface area contributed by atoms with Crippen LogP contribution in [0.5, 0.6) is 5.75 Å². The second-order valence-electron chi connectivity index (χ2n) is 18.0. The molecule has 9 rings (SSSR count). The molecule has 4 amide bonds. The van der Waals surface area contributed by atoms with Crippen molar-refractivity contribution in [2.45, 2.75) is 70.8 Å². The number of H-pyrrole nitrogens is 1. The van der Waals surface area contributed by atoms with Crippen LogP contribution in [0.4, 0.5) is 15.3 Å². The number of amides is 4. The Bertz CT molecular complexity index is 2680. The molecule has 1 aromatic heterocycles. The zero-order valence-corrected chi connectivity index (χ0v) is 37.6. The summed E-state index contributed by atoms with van der Waals surface area (Å²) in [7, 11) is 4.23. The first kappa shape index (κ1) is 43.5. The third-order valence-electron chi connectivity index (χ3n) is 13.3. The van der Waals surface area contributed by atoms with Crippen molar-refractivity contribution in [3.05, 3.63) is 102 Å². The van der Waals surface area contributed by atoms with E-state index in [0.29, 0.717) is 50.5 Å². The molecule has 4 aliphatic heterocycles. The van der Waals surface area contributed by atoms with E-state index in [0.717, 1.165) is 67.9 Å². The molecule has 15 heteroatoms. The summed E-state index contributed by atoms with van der Waals surface area (Å²) >= 11 is 0. The van der Waals surface area contributed by atoms with Crippen LogP contribution in [0.25, 0.3) is 33.2 Å². The molecule has 4 aromatic carbocycles. The second kappa shape index (κ2) is 18.0. The minimum atomic E-state index is -0.944. The highest BCUT2D eigenvalue weighted by Crippen LogP contribution is 2.45. The molecule has 0 bridgehead atoms. The first-order chi connectivity index (χ1) is 31.4. The predicted molar refractivity (Wildman–Crippen MR) is 245 cm³/mol. The number of hydrogen-bond acceptors (Lipinski definition) is 10. The van der Waals surface area contributed by atoms with Gasteiger partial charge in [-0.2, -0.15) is 0 Å². The number of likely N-dealkylation sites (tertiary alicyclic amines) is 2. The van der Waals surface area contributed by atoms with E-state index < -0.39 is 24.3 Å². The Balaban J connectivity index is 0.947. The van der Waals surface area contributed by atoms with Crippen LogP contribution in [0.15, 0.2) is 84.0 Å². The smallest absolute Gasteiger partial charge is 0.407 e. The van der Waals surface area contributed by atoms with E-state index in [-0.39, 0.29) is 41.7 Å². The Hall–Kier alpha value is -6.74. The van der Waals surface area contributed by atoms with E-state index in [1.165, 1.54) is 14.2 Å². The standard InChI is InChI=1S/C50H55N7O8/c1-27(2)44(54-49(60)63-5)47(58)56-23-28(3)16-41(56)39-20-36-35-21-43-37(19-31(35)13-15-38(36)52-39)34-14-12-32(18-33(34)26-65-43)40-22-51-46(53-40)42-17-29(25-62-4)24-57(42)48(59)45(55-50(61)64-6)30-10-8-7-9-11-30/h7-15,18-19,21-22,27-29,41-42,44-45H,16-17,20,23-26H2,1-6H3,(H,51,53)(H,54,60)(H,55,61)/t28-,29-,41-,42-,44?,45+/m0/s1. The van der Waals surface area contributed by atoms with Crippen molar-refractivity contribution in [3.63, 3.8) is 0 Å². The molecule has 15 nitrogen and oxygen atoms in total. The molecule has 5 aromatic rings. The van der Waals surface area contributed by atoms with E-state index in [9.17, 15) is 19.2 Å². The fourth-order valence-electron chi connectivity index (χ4n) is 10.1. The third-order valence-corrected chi connectivity index (χ3v) is 13.3. The summed E-state index contributed by atoms with van der Waals surface area (Å²) in [5.74, 6) is 1.32. The van der Waals surface area contributed by atoms with Crippen molar-refractivity contribution < 1.29 is 38.1 Å². The SMILES string of the molecule is COC[C@H]1C[C@@H](c2ncc(-c3ccc4c(c3)COc3cc5c6c(ccc5cc3-4)N=C([C@@H]3C[C@H](C)CN3C(=O)C(NC(=O)OC)C(C)C)C6)[nH]2)N(C(=O)[C@H](NC(=O)OC)c2ccccc2)C1. The van der Waals surface area contributed by atoms with E-state index in [1.807, 2.05) is 49.1 Å². The number of carbonyl (C=O) groups excluding carboxylic acids is 4. The first-order valence-corrected chi connectivity index (χ1v) is 22.3. The highest BCUT2D eigenvalue weighted by Gasteiger charge is 2.43. The van der Waals surface area contributed by atoms with Crippen LogP contribution < -0.4 is 15.4 Å². The van der Waals surface area contributed by atoms with E-state index in [2.05, 4.69) is 65.0 Å². The molecule has 338 valence electrons. The molecule has 65 heavy (non-hydrogen) atoms. The number of nitrogens with zero attached hydrogens (tertiary/aromatic N) is 4. The van der Waals surface area contributed by atoms with Gasteiger partial charge in [-0.15, -0.1) is 0 Å². The second-order valence-corrected chi connectivity index (χ2v) is 18.0. The maximum atomic E-state index is 14.3. The number of imidazole rings is 1. The van der Waals surface area contributed by atoms with Crippen molar-refractivity contribution in [3.8, 4) is 28.1 Å². The lowest BCUT2D eigenvalue weighted by Gasteiger charge is -2.31. The molecular weight excluding hydrogens is 827 g/mol. The van der Waals surface area contributed by atoms with Gasteiger partial charge in [-0.3, -0.25) is 14.6 Å². The number of hydrogen-bond donors (Lipinski definition) is 3. The average molecular weight is 882 g/mol. The lowest BCUT2D eigenvalue weighted by atomic mass is 9.90. The number of aromatic nitrogens is 2. The zero-order valence-electron chi connectivity index (χ0n) is 37.6. The number of methoxy groups -OCH3 is 3. The number of rotatable bonds is 11. The van der Waals surface area contributed by atoms with Crippen molar-refractivity contribution in [1.82, 2.24) is 30.4 Å². The minimum Gasteiger partial charge on any atom is -0.488 e. The van der Waals surface area contributed by atoms with Crippen LogP contribution >= 0.6 is 0 Å². The van der Waals surface area contributed by atoms with Crippen LogP contribution in [0.2, 0.25) is 0 Å². The molecule has 0 aliphatic carbocycles. The zero-order chi connectivity index (χ0) is 45.5. The van der Waals surface area contributed by atoms with Gasteiger partial charge >= 0.3 is 12.2 Å². The Labute approximate surface area is 377 Å². The Morgan fingerprint density at radius 1 is 0.862 bits per heavy atom. The molecule has 2 saturated heterocycles. The molecular formula is C50H55N7O8. The summed E-state index contributed by atoms with van der Waals surface area (Å²) in [6.45, 7) is 7.88. The van der Waals surface area contributed by atoms with Gasteiger partial charge in [-0.05, 0) is 87.5 Å². The number of carbonyl (C=O) groups is 4. The molecule has 2 fully saturated rings. The summed E-state index contributed by atoms with van der Waals surface area (Å²) in [4.78, 5) is 70.0. The monoisotopic (exact) mass is 881 g/mol. The highest BCUT2D eigenvalue weighted by atomic mass is 16.5. The highest BCUT2D eigenvalue weighted by molar-refractivity contribution is 6.06. The summed E-state index contributed by atoms with van der Waals surface area (Å²) < 4.78 is 21.7. The van der Waals surface area contributed by atoms with E-state index in [4.69, 9.17) is 28.9 Å². The van der Waals surface area contributed by atoms with Crippen LogP contribution in [-0.2, 0) is 36.8 Å². The number of alkyl carbamates (subject to hydrolysis) is 2. The average Bonchev–Trinajstić information content (AvgIpc) is 4.15. The van der Waals surface area contributed by atoms with Gasteiger partial charge in [0.1, 0.15) is 30.3 Å². The number of aromatic amines is 1. The number of benzene rings is 4. The number of aliphatic imine (C=N–C) groups is 1. The van der Waals surface area contributed by atoms with E-state index in [1.54, 1.807) is 18.2 Å². The molecule has 0 saturated carbocycles. The Morgan fingerprint density at radius 2 is 1.63 bits per heavy atom. The number of ether oxygens (including phenoxy) is 4. The van der Waals surface area contributed by atoms with Crippen molar-refractivity contribution in [1.29, 1.82) is 0 Å². The maximum Gasteiger partial charge on any atom is 0.407 e. The molecule has 4 aliphatic rings. The number of nitrogens with one attached hydrogen (secondary N) is 3. The maximum absolute atomic E-state index is 14.3. The largest absolute Gasteiger partial charge is 0.488 e. The normalized spacial score (nSPS) is 20.6. The predicted octanol–water partition coefficient (Wildman–Crippen LogP) is 7.67. The van der Waals surface area contributed by atoms with Crippen LogP contribution in [0, 0.1) is 17.8 Å². The lowest BCUT2D eigenvalue weighted by Crippen LogP contribution is -2.53. The molecule has 0 radical (unpaired) electrons. The topological polar surface area (TPSA) is 177 Å². The Morgan fingerprint density at radius 3 is 2.38 bits per heavy atom. The van der Waals surface area contributed by atoms with Crippen molar-refractivity contribution in [2.24, 2.45) is 22.7 Å². The van der Waals surface area contributed by atoms with Crippen LogP contribution in [-0.4, -0.2) is 103 Å². The fourth-order valence-corrected chi connectivity index (χ4v) is 10.1. The van der Waals surface area contributed by atoms with E-state index >= 15 is 0 Å². The first-order valence-electron chi connectivity index (χ1n) is 22.3. The van der Waals surface area contributed by atoms with Gasteiger partial charge in [0.2, 0.25) is 5.91 Å². The summed E-state index contributed by atoms with van der Waals surface area (Å²) in [5, 5.41) is 7.64. The summed E-state index contributed by atoms with van der Waals surface area (Å²) in [6.07, 6.45) is 2.54. The number of fused-ring (bicyclic) bond motifs is 6. The minimum absolute atomic E-state index is 0.0720. The molecule has 5 heterocycles. The van der Waals surface area contributed by atoms with Gasteiger partial charge < -0.3 is 44.4 Å².